The fourth-order valence-electron chi connectivity index (χ4n) is 3.64. The molecule has 3 aromatic carbocycles. The molecule has 0 unspecified atom stereocenters. The van der Waals surface area contributed by atoms with E-state index in [9.17, 15) is 9.90 Å². The Morgan fingerprint density at radius 2 is 1.87 bits per heavy atom. The highest BCUT2D eigenvalue weighted by molar-refractivity contribution is 5.96. The largest absolute Gasteiger partial charge is 0.506 e. The average Bonchev–Trinajstić information content (AvgIpc) is 2.82. The first-order chi connectivity index (χ1) is 15.2. The molecule has 0 aliphatic heterocycles. The summed E-state index contributed by atoms with van der Waals surface area (Å²) in [6.45, 7) is 0.601. The topological polar surface area (TPSA) is 71.5 Å². The van der Waals surface area contributed by atoms with E-state index in [4.69, 9.17) is 4.74 Å². The van der Waals surface area contributed by atoms with Gasteiger partial charge in [-0.1, -0.05) is 36.4 Å². The highest BCUT2D eigenvalue weighted by Crippen LogP contribution is 2.35. The molecule has 0 aliphatic rings. The quantitative estimate of drug-likeness (QED) is 0.420. The Hall–Kier alpha value is -3.86. The second-order valence-corrected chi connectivity index (χ2v) is 7.33. The molecule has 0 bridgehead atoms. The summed E-state index contributed by atoms with van der Waals surface area (Å²) in [5.41, 5.74) is 3.94. The lowest BCUT2D eigenvalue weighted by molar-refractivity contribution is 0.0953. The normalized spacial score (nSPS) is 10.7. The lowest BCUT2D eigenvalue weighted by atomic mass is 10.00. The van der Waals surface area contributed by atoms with Crippen LogP contribution in [0.4, 0.5) is 0 Å². The van der Waals surface area contributed by atoms with Crippen LogP contribution >= 0.6 is 0 Å². The molecule has 0 aliphatic carbocycles. The Morgan fingerprint density at radius 3 is 2.68 bits per heavy atom. The van der Waals surface area contributed by atoms with E-state index < -0.39 is 0 Å². The lowest BCUT2D eigenvalue weighted by Gasteiger charge is -2.13. The van der Waals surface area contributed by atoms with Crippen molar-refractivity contribution in [1.82, 2.24) is 10.3 Å². The molecule has 0 spiro atoms. The number of carbonyl (C=O) groups excluding carboxylic acids is 1. The molecule has 4 rings (SSSR count). The van der Waals surface area contributed by atoms with Crippen molar-refractivity contribution in [3.63, 3.8) is 0 Å². The Kier molecular flexibility index (Phi) is 6.13. The van der Waals surface area contributed by atoms with Gasteiger partial charge in [0, 0.05) is 29.3 Å². The van der Waals surface area contributed by atoms with Crippen molar-refractivity contribution >= 4 is 16.8 Å². The van der Waals surface area contributed by atoms with E-state index in [1.807, 2.05) is 42.5 Å². The van der Waals surface area contributed by atoms with Crippen LogP contribution in [0.25, 0.3) is 22.0 Å². The minimum atomic E-state index is -0.136. The number of rotatable bonds is 7. The maximum Gasteiger partial charge on any atom is 0.251 e. The van der Waals surface area contributed by atoms with Gasteiger partial charge in [-0.3, -0.25) is 9.78 Å². The first kappa shape index (κ1) is 20.4. The van der Waals surface area contributed by atoms with E-state index in [-0.39, 0.29) is 11.7 Å². The number of hydrogen-bond donors (Lipinski definition) is 2. The molecule has 156 valence electrons. The van der Waals surface area contributed by atoms with Gasteiger partial charge in [0.05, 0.1) is 7.11 Å². The summed E-state index contributed by atoms with van der Waals surface area (Å²) in [6.07, 6.45) is 3.44. The van der Waals surface area contributed by atoms with Gasteiger partial charge in [0.25, 0.3) is 5.91 Å². The van der Waals surface area contributed by atoms with Crippen LogP contribution in [0.3, 0.4) is 0 Å². The third-order valence-electron chi connectivity index (χ3n) is 5.23. The number of phenols is 1. The number of nitrogens with one attached hydrogen (secondary N) is 1. The van der Waals surface area contributed by atoms with Gasteiger partial charge in [0.2, 0.25) is 0 Å². The number of nitrogens with zero attached hydrogens (tertiary/aromatic N) is 1. The minimum absolute atomic E-state index is 0.107. The van der Waals surface area contributed by atoms with Crippen LogP contribution in [0.2, 0.25) is 0 Å². The molecule has 5 heteroatoms. The highest BCUT2D eigenvalue weighted by Gasteiger charge is 2.13. The maximum atomic E-state index is 12.6. The van der Waals surface area contributed by atoms with Gasteiger partial charge < -0.3 is 15.2 Å². The second kappa shape index (κ2) is 9.30. The van der Waals surface area contributed by atoms with E-state index in [1.54, 1.807) is 31.5 Å². The Morgan fingerprint density at radius 1 is 1.03 bits per heavy atom. The molecular formula is C26H24N2O3. The summed E-state index contributed by atoms with van der Waals surface area (Å²) < 4.78 is 5.55. The Balaban J connectivity index is 1.48. The number of benzene rings is 3. The zero-order valence-corrected chi connectivity index (χ0v) is 17.3. The Labute approximate surface area is 181 Å². The van der Waals surface area contributed by atoms with Gasteiger partial charge in [0.1, 0.15) is 17.0 Å². The summed E-state index contributed by atoms with van der Waals surface area (Å²) in [4.78, 5) is 16.8. The number of pyridine rings is 1. The number of aromatic hydroxyl groups is 1. The minimum Gasteiger partial charge on any atom is -0.506 e. The molecule has 1 aromatic heterocycles. The Bertz CT molecular complexity index is 1210. The number of aromatic nitrogens is 1. The summed E-state index contributed by atoms with van der Waals surface area (Å²) in [6, 6.07) is 22.9. The number of methoxy groups -OCH3 is 1. The maximum absolute atomic E-state index is 12.6. The van der Waals surface area contributed by atoms with Crippen molar-refractivity contribution in [2.24, 2.45) is 0 Å². The molecule has 0 saturated carbocycles. The van der Waals surface area contributed by atoms with Crippen LogP contribution in [0.15, 0.2) is 79.0 Å². The van der Waals surface area contributed by atoms with E-state index in [2.05, 4.69) is 22.4 Å². The van der Waals surface area contributed by atoms with Crippen LogP contribution in [-0.2, 0) is 6.42 Å². The second-order valence-electron chi connectivity index (χ2n) is 7.33. The fraction of sp³-hybridized carbons (Fsp3) is 0.154. The molecule has 0 fully saturated rings. The number of fused-ring (bicyclic) bond motifs is 1. The molecule has 1 amide bonds. The lowest BCUT2D eigenvalue weighted by Crippen LogP contribution is -2.24. The average molecular weight is 412 g/mol. The predicted molar refractivity (Wildman–Crippen MR) is 122 cm³/mol. The number of hydrogen-bond acceptors (Lipinski definition) is 4. The zero-order valence-electron chi connectivity index (χ0n) is 17.3. The van der Waals surface area contributed by atoms with Crippen LogP contribution in [0, 0.1) is 0 Å². The van der Waals surface area contributed by atoms with Gasteiger partial charge in [-0.2, -0.15) is 0 Å². The van der Waals surface area contributed by atoms with Gasteiger partial charge in [0.15, 0.2) is 0 Å². The van der Waals surface area contributed by atoms with Gasteiger partial charge in [-0.05, 0) is 60.4 Å². The van der Waals surface area contributed by atoms with Gasteiger partial charge in [-0.15, -0.1) is 0 Å². The van der Waals surface area contributed by atoms with Crippen molar-refractivity contribution in [3.8, 4) is 22.6 Å². The van der Waals surface area contributed by atoms with Crippen molar-refractivity contribution in [1.29, 1.82) is 0 Å². The molecule has 2 N–H and O–H groups in total. The van der Waals surface area contributed by atoms with Gasteiger partial charge in [-0.25, -0.2) is 0 Å². The van der Waals surface area contributed by atoms with E-state index in [0.29, 0.717) is 23.4 Å². The molecule has 4 aromatic rings. The first-order valence-electron chi connectivity index (χ1n) is 10.2. The molecule has 1 heterocycles. The smallest absolute Gasteiger partial charge is 0.251 e. The highest BCUT2D eigenvalue weighted by atomic mass is 16.5. The summed E-state index contributed by atoms with van der Waals surface area (Å²) in [5, 5.41) is 14.2. The number of aryl methyl sites for hydroxylation is 1. The number of amides is 1. The van der Waals surface area contributed by atoms with Crippen molar-refractivity contribution in [3.05, 3.63) is 90.1 Å². The van der Waals surface area contributed by atoms with E-state index in [1.165, 1.54) is 5.56 Å². The SMILES string of the molecule is COc1cc(C(=O)NCCCc2ccccc2)ccc1-c1cc(O)c2ncccc2c1. The standard InChI is InChI=1S/C26H24N2O3/c1-31-24-17-20(26(30)28-14-5-9-18-7-3-2-4-8-18)11-12-22(24)21-15-19-10-6-13-27-25(19)23(29)16-21/h2-4,6-8,10-13,15-17,29H,5,9,14H2,1H3,(H,28,30). The molecular weight excluding hydrogens is 388 g/mol. The number of carbonyl (C=O) groups is 1. The van der Waals surface area contributed by atoms with Crippen LogP contribution in [-0.4, -0.2) is 29.7 Å². The van der Waals surface area contributed by atoms with Crippen LogP contribution in [0.5, 0.6) is 11.5 Å². The third-order valence-corrected chi connectivity index (χ3v) is 5.23. The summed E-state index contributed by atoms with van der Waals surface area (Å²) in [7, 11) is 1.57. The first-order valence-corrected chi connectivity index (χ1v) is 10.2. The van der Waals surface area contributed by atoms with Crippen LogP contribution in [0.1, 0.15) is 22.3 Å². The summed E-state index contributed by atoms with van der Waals surface area (Å²) >= 11 is 0. The fourth-order valence-corrected chi connectivity index (χ4v) is 3.64. The zero-order chi connectivity index (χ0) is 21.6. The molecule has 31 heavy (non-hydrogen) atoms. The molecule has 0 atom stereocenters. The third kappa shape index (κ3) is 4.67. The van der Waals surface area contributed by atoms with E-state index >= 15 is 0 Å². The monoisotopic (exact) mass is 412 g/mol. The predicted octanol–water partition coefficient (Wildman–Crippen LogP) is 4.98. The van der Waals surface area contributed by atoms with E-state index in [0.717, 1.165) is 29.4 Å². The van der Waals surface area contributed by atoms with Crippen molar-refractivity contribution in [2.45, 2.75) is 12.8 Å². The van der Waals surface area contributed by atoms with Crippen LogP contribution < -0.4 is 10.1 Å². The van der Waals surface area contributed by atoms with Gasteiger partial charge >= 0.3 is 0 Å². The molecule has 0 saturated heterocycles. The number of ether oxygens (including phenoxy) is 1. The molecule has 5 nitrogen and oxygen atoms in total. The molecule has 0 radical (unpaired) electrons. The van der Waals surface area contributed by atoms with Crippen molar-refractivity contribution in [2.75, 3.05) is 13.7 Å². The summed E-state index contributed by atoms with van der Waals surface area (Å²) in [5.74, 6) is 0.540. The number of phenolic OH excluding ortho intramolecular Hbond substituents is 1. The van der Waals surface area contributed by atoms with Crippen molar-refractivity contribution < 1.29 is 14.6 Å².